The molecule has 0 fully saturated rings. The van der Waals surface area contributed by atoms with E-state index in [-0.39, 0.29) is 0 Å². The summed E-state index contributed by atoms with van der Waals surface area (Å²) in [5, 5.41) is 9.92. The van der Waals surface area contributed by atoms with Gasteiger partial charge in [0.25, 0.3) is 0 Å². The van der Waals surface area contributed by atoms with E-state index in [1.54, 1.807) is 6.20 Å². The maximum atomic E-state index is 10.9. The molecule has 4 nitrogen and oxygen atoms in total. The summed E-state index contributed by atoms with van der Waals surface area (Å²) in [5.41, 5.74) is 1.83. The second-order valence-electron chi connectivity index (χ2n) is 3.80. The fraction of sp³-hybridized carbons (Fsp3) is 0.231. The van der Waals surface area contributed by atoms with Crippen LogP contribution in [0.15, 0.2) is 36.5 Å². The number of aromatic nitrogens is 1. The highest BCUT2D eigenvalue weighted by atomic mass is 16.5. The fourth-order valence-electron chi connectivity index (χ4n) is 1.74. The Balaban J connectivity index is 2.27. The van der Waals surface area contributed by atoms with Gasteiger partial charge in [0.15, 0.2) is 6.10 Å². The average molecular weight is 231 g/mol. The van der Waals surface area contributed by atoms with Crippen LogP contribution in [0.3, 0.4) is 0 Å². The summed E-state index contributed by atoms with van der Waals surface area (Å²) >= 11 is 0. The second-order valence-corrected chi connectivity index (χ2v) is 3.80. The zero-order valence-electron chi connectivity index (χ0n) is 9.46. The van der Waals surface area contributed by atoms with Crippen molar-refractivity contribution in [3.8, 4) is 0 Å². The van der Waals surface area contributed by atoms with E-state index in [1.165, 1.54) is 7.11 Å². The van der Waals surface area contributed by atoms with Crippen LogP contribution in [-0.4, -0.2) is 29.3 Å². The summed E-state index contributed by atoms with van der Waals surface area (Å²) in [6, 6.07) is 9.52. The first-order valence-corrected chi connectivity index (χ1v) is 5.30. The molecule has 0 aliphatic rings. The number of nitrogens with zero attached hydrogens (tertiary/aromatic N) is 1. The quantitative estimate of drug-likeness (QED) is 0.872. The Bertz CT molecular complexity index is 539. The van der Waals surface area contributed by atoms with Gasteiger partial charge >= 0.3 is 5.97 Å². The molecule has 0 amide bonds. The van der Waals surface area contributed by atoms with Crippen LogP contribution in [0, 0.1) is 0 Å². The minimum atomic E-state index is -0.946. The summed E-state index contributed by atoms with van der Waals surface area (Å²) in [6.45, 7) is 0. The zero-order valence-corrected chi connectivity index (χ0v) is 9.46. The van der Waals surface area contributed by atoms with Crippen LogP contribution in [0.25, 0.3) is 10.9 Å². The maximum Gasteiger partial charge on any atom is 0.333 e. The Labute approximate surface area is 98.9 Å². The second kappa shape index (κ2) is 4.93. The molecule has 1 unspecified atom stereocenters. The van der Waals surface area contributed by atoms with Crippen molar-refractivity contribution >= 4 is 16.9 Å². The van der Waals surface area contributed by atoms with E-state index in [0.29, 0.717) is 6.42 Å². The molecule has 1 aromatic heterocycles. The third-order valence-corrected chi connectivity index (χ3v) is 2.65. The number of carbonyl (C=O) groups is 1. The van der Waals surface area contributed by atoms with Gasteiger partial charge in [0.05, 0.1) is 5.52 Å². The summed E-state index contributed by atoms with van der Waals surface area (Å²) in [4.78, 5) is 15.1. The summed E-state index contributed by atoms with van der Waals surface area (Å²) in [7, 11) is 1.40. The Kier molecular flexibility index (Phi) is 3.35. The van der Waals surface area contributed by atoms with E-state index in [9.17, 15) is 4.79 Å². The Morgan fingerprint density at radius 1 is 1.47 bits per heavy atom. The molecular formula is C13H13NO3. The standard InChI is InChI=1S/C13H13NO3/c1-17-12(13(15)16)8-9-4-5-11-10(7-9)3-2-6-14-11/h2-7,12H,8H2,1H3,(H,15,16). The van der Waals surface area contributed by atoms with Crippen LogP contribution >= 0.6 is 0 Å². The number of pyridine rings is 1. The average Bonchev–Trinajstić information content (AvgIpc) is 2.35. The molecular weight excluding hydrogens is 218 g/mol. The zero-order chi connectivity index (χ0) is 12.3. The van der Waals surface area contributed by atoms with Crippen LogP contribution in [-0.2, 0) is 16.0 Å². The smallest absolute Gasteiger partial charge is 0.333 e. The van der Waals surface area contributed by atoms with Gasteiger partial charge in [-0.05, 0) is 23.8 Å². The molecule has 88 valence electrons. The number of methoxy groups -OCH3 is 1. The topological polar surface area (TPSA) is 59.4 Å². The largest absolute Gasteiger partial charge is 0.479 e. The van der Waals surface area contributed by atoms with Crippen molar-refractivity contribution < 1.29 is 14.6 Å². The van der Waals surface area contributed by atoms with Gasteiger partial charge in [0.1, 0.15) is 0 Å². The lowest BCUT2D eigenvalue weighted by Crippen LogP contribution is -2.24. The molecule has 2 aromatic rings. The fourth-order valence-corrected chi connectivity index (χ4v) is 1.74. The molecule has 0 radical (unpaired) electrons. The predicted molar refractivity (Wildman–Crippen MR) is 63.9 cm³/mol. The summed E-state index contributed by atoms with van der Waals surface area (Å²) in [6.07, 6.45) is 1.29. The van der Waals surface area contributed by atoms with Gasteiger partial charge in [0.2, 0.25) is 0 Å². The van der Waals surface area contributed by atoms with E-state index in [0.717, 1.165) is 16.5 Å². The van der Waals surface area contributed by atoms with Gasteiger partial charge in [0, 0.05) is 25.1 Å². The van der Waals surface area contributed by atoms with E-state index in [1.807, 2.05) is 30.3 Å². The molecule has 1 atom stereocenters. The SMILES string of the molecule is COC(Cc1ccc2ncccc2c1)C(=O)O. The molecule has 0 saturated carbocycles. The van der Waals surface area contributed by atoms with Crippen LogP contribution in [0.5, 0.6) is 0 Å². The third-order valence-electron chi connectivity index (χ3n) is 2.65. The van der Waals surface area contributed by atoms with Crippen molar-refractivity contribution in [3.63, 3.8) is 0 Å². The normalized spacial score (nSPS) is 12.5. The lowest BCUT2D eigenvalue weighted by atomic mass is 10.1. The van der Waals surface area contributed by atoms with Crippen molar-refractivity contribution in [1.82, 2.24) is 4.98 Å². The molecule has 1 heterocycles. The highest BCUT2D eigenvalue weighted by molar-refractivity contribution is 5.79. The van der Waals surface area contributed by atoms with Gasteiger partial charge in [-0.25, -0.2) is 4.79 Å². The van der Waals surface area contributed by atoms with Crippen LogP contribution in [0.4, 0.5) is 0 Å². The van der Waals surface area contributed by atoms with E-state index in [2.05, 4.69) is 4.98 Å². The van der Waals surface area contributed by atoms with Gasteiger partial charge in [-0.2, -0.15) is 0 Å². The molecule has 1 N–H and O–H groups in total. The first-order valence-electron chi connectivity index (χ1n) is 5.30. The molecule has 0 saturated heterocycles. The van der Waals surface area contributed by atoms with Crippen LogP contribution in [0.1, 0.15) is 5.56 Å². The first-order chi connectivity index (χ1) is 8.20. The molecule has 1 aromatic carbocycles. The minimum absolute atomic E-state index is 0.358. The van der Waals surface area contributed by atoms with Crippen molar-refractivity contribution in [3.05, 3.63) is 42.1 Å². The Morgan fingerprint density at radius 3 is 3.00 bits per heavy atom. The molecule has 0 bridgehead atoms. The van der Waals surface area contributed by atoms with Crippen molar-refractivity contribution in [2.45, 2.75) is 12.5 Å². The number of hydrogen-bond acceptors (Lipinski definition) is 3. The predicted octanol–water partition coefficient (Wildman–Crippen LogP) is 1.88. The number of benzene rings is 1. The van der Waals surface area contributed by atoms with E-state index in [4.69, 9.17) is 9.84 Å². The van der Waals surface area contributed by atoms with Crippen LogP contribution < -0.4 is 0 Å². The van der Waals surface area contributed by atoms with Gasteiger partial charge in [-0.3, -0.25) is 4.98 Å². The first kappa shape index (κ1) is 11.5. The number of rotatable bonds is 4. The molecule has 4 heteroatoms. The number of carboxylic acids is 1. The minimum Gasteiger partial charge on any atom is -0.479 e. The van der Waals surface area contributed by atoms with Crippen LogP contribution in [0.2, 0.25) is 0 Å². The molecule has 0 spiro atoms. The highest BCUT2D eigenvalue weighted by Gasteiger charge is 2.16. The maximum absolute atomic E-state index is 10.9. The van der Waals surface area contributed by atoms with Crippen molar-refractivity contribution in [2.24, 2.45) is 0 Å². The molecule has 0 aliphatic heterocycles. The number of hydrogen-bond donors (Lipinski definition) is 1. The Morgan fingerprint density at radius 2 is 2.29 bits per heavy atom. The number of aliphatic carboxylic acids is 1. The highest BCUT2D eigenvalue weighted by Crippen LogP contribution is 2.15. The molecule has 0 aliphatic carbocycles. The van der Waals surface area contributed by atoms with Gasteiger partial charge < -0.3 is 9.84 Å². The Hall–Kier alpha value is -1.94. The number of ether oxygens (including phenoxy) is 1. The van der Waals surface area contributed by atoms with E-state index < -0.39 is 12.1 Å². The third kappa shape index (κ3) is 2.60. The van der Waals surface area contributed by atoms with Crippen molar-refractivity contribution in [1.29, 1.82) is 0 Å². The van der Waals surface area contributed by atoms with Gasteiger partial charge in [-0.1, -0.05) is 12.1 Å². The summed E-state index contributed by atoms with van der Waals surface area (Å²) < 4.78 is 4.91. The number of fused-ring (bicyclic) bond motifs is 1. The van der Waals surface area contributed by atoms with Gasteiger partial charge in [-0.15, -0.1) is 0 Å². The molecule has 2 rings (SSSR count). The number of carboxylic acid groups (broad SMARTS) is 1. The van der Waals surface area contributed by atoms with Crippen molar-refractivity contribution in [2.75, 3.05) is 7.11 Å². The lowest BCUT2D eigenvalue weighted by Gasteiger charge is -2.10. The monoisotopic (exact) mass is 231 g/mol. The van der Waals surface area contributed by atoms with E-state index >= 15 is 0 Å². The summed E-state index contributed by atoms with van der Waals surface area (Å²) in [5.74, 6) is -0.946. The molecule has 17 heavy (non-hydrogen) atoms. The lowest BCUT2D eigenvalue weighted by molar-refractivity contribution is -0.148.